The van der Waals surface area contributed by atoms with Crippen LogP contribution in [0.3, 0.4) is 0 Å². The minimum Gasteiger partial charge on any atom is -0.459 e. The molecule has 3 fully saturated rings. The van der Waals surface area contributed by atoms with Crippen LogP contribution in [-0.4, -0.2) is 11.6 Å². The zero-order valence-corrected chi connectivity index (χ0v) is 17.6. The Bertz CT molecular complexity index is 622. The monoisotopic (exact) mass is 358 g/mol. The van der Waals surface area contributed by atoms with Crippen molar-refractivity contribution < 1.29 is 9.53 Å². The van der Waals surface area contributed by atoms with Crippen LogP contribution >= 0.6 is 0 Å². The van der Waals surface area contributed by atoms with Crippen LogP contribution in [0, 0.1) is 34.5 Å². The number of hydrogen-bond donors (Lipinski definition) is 0. The smallest absolute Gasteiger partial charge is 0.303 e. The van der Waals surface area contributed by atoms with E-state index in [1.54, 1.807) is 12.5 Å². The molecular weight excluding hydrogens is 320 g/mol. The van der Waals surface area contributed by atoms with E-state index in [1.165, 1.54) is 44.9 Å². The molecule has 0 heterocycles. The molecule has 26 heavy (non-hydrogen) atoms. The largest absolute Gasteiger partial charge is 0.459 e. The second kappa shape index (κ2) is 6.11. The van der Waals surface area contributed by atoms with Crippen LogP contribution in [0.2, 0.25) is 0 Å². The maximum atomic E-state index is 11.9. The Balaban J connectivity index is 1.70. The second-order valence-electron chi connectivity index (χ2n) is 10.4. The number of allylic oxidation sites excluding steroid dienone is 2. The Morgan fingerprint density at radius 2 is 1.92 bits per heavy atom. The first-order valence-corrected chi connectivity index (χ1v) is 11.2. The zero-order chi connectivity index (χ0) is 18.7. The molecule has 0 aromatic rings. The first-order chi connectivity index (χ1) is 12.3. The van der Waals surface area contributed by atoms with Crippen LogP contribution in [0.25, 0.3) is 0 Å². The molecule has 7 atom stereocenters. The molecule has 4 aliphatic rings. The van der Waals surface area contributed by atoms with Crippen molar-refractivity contribution in [1.29, 1.82) is 0 Å². The van der Waals surface area contributed by atoms with Crippen molar-refractivity contribution in [2.75, 3.05) is 0 Å². The molecule has 0 amide bonds. The van der Waals surface area contributed by atoms with Crippen molar-refractivity contribution >= 4 is 5.97 Å². The fourth-order valence-electron chi connectivity index (χ4n) is 8.40. The van der Waals surface area contributed by atoms with Crippen molar-refractivity contribution in [2.45, 2.75) is 98.0 Å². The molecule has 0 spiro atoms. The predicted molar refractivity (Wildman–Crippen MR) is 106 cm³/mol. The van der Waals surface area contributed by atoms with Crippen LogP contribution in [0.4, 0.5) is 0 Å². The minimum atomic E-state index is -0.221. The summed E-state index contributed by atoms with van der Waals surface area (Å²) < 4.78 is 6.11. The topological polar surface area (TPSA) is 26.3 Å². The van der Waals surface area contributed by atoms with Crippen molar-refractivity contribution in [1.82, 2.24) is 0 Å². The van der Waals surface area contributed by atoms with Gasteiger partial charge in [0.2, 0.25) is 0 Å². The van der Waals surface area contributed by atoms with E-state index in [4.69, 9.17) is 4.74 Å². The lowest BCUT2D eigenvalue weighted by Gasteiger charge is -2.61. The van der Waals surface area contributed by atoms with Gasteiger partial charge in [-0.3, -0.25) is 4.79 Å². The predicted octanol–water partition coefficient (Wildman–Crippen LogP) is 6.30. The summed E-state index contributed by atoms with van der Waals surface area (Å²) in [6, 6.07) is 0. The van der Waals surface area contributed by atoms with Gasteiger partial charge in [-0.15, -0.1) is 0 Å². The first-order valence-electron chi connectivity index (χ1n) is 11.2. The van der Waals surface area contributed by atoms with Gasteiger partial charge in [0.05, 0.1) is 0 Å². The van der Waals surface area contributed by atoms with Gasteiger partial charge >= 0.3 is 5.97 Å². The van der Waals surface area contributed by atoms with Crippen molar-refractivity contribution in [3.8, 4) is 0 Å². The summed E-state index contributed by atoms with van der Waals surface area (Å²) in [5.74, 6) is 3.02. The molecule has 0 bridgehead atoms. The van der Waals surface area contributed by atoms with Crippen LogP contribution in [-0.2, 0) is 9.53 Å². The number of ether oxygens (including phenoxy) is 1. The van der Waals surface area contributed by atoms with Gasteiger partial charge < -0.3 is 4.74 Å². The van der Waals surface area contributed by atoms with E-state index in [0.29, 0.717) is 5.41 Å². The van der Waals surface area contributed by atoms with Crippen molar-refractivity contribution in [2.24, 2.45) is 34.5 Å². The van der Waals surface area contributed by atoms with E-state index < -0.39 is 0 Å². The molecule has 0 aliphatic heterocycles. The Kier molecular flexibility index (Phi) is 4.36. The molecule has 0 saturated heterocycles. The van der Waals surface area contributed by atoms with E-state index in [9.17, 15) is 4.79 Å². The fraction of sp³-hybridized carbons (Fsp3) is 0.875. The molecule has 3 saturated carbocycles. The van der Waals surface area contributed by atoms with Crippen LogP contribution < -0.4 is 0 Å². The number of carbonyl (C=O) groups excluding carboxylic acids is 1. The highest BCUT2D eigenvalue weighted by molar-refractivity contribution is 5.66. The molecule has 0 aromatic heterocycles. The molecule has 0 N–H and O–H groups in total. The maximum absolute atomic E-state index is 11.9. The van der Waals surface area contributed by atoms with E-state index in [2.05, 4.69) is 33.8 Å². The van der Waals surface area contributed by atoms with Crippen molar-refractivity contribution in [3.05, 3.63) is 11.6 Å². The summed E-state index contributed by atoms with van der Waals surface area (Å²) in [4.78, 5) is 11.9. The average Bonchev–Trinajstić information content (AvgIpc) is 2.87. The molecule has 2 heteroatoms. The third-order valence-corrected chi connectivity index (χ3v) is 9.54. The molecule has 4 rings (SSSR count). The van der Waals surface area contributed by atoms with E-state index in [0.717, 1.165) is 36.5 Å². The average molecular weight is 359 g/mol. The summed E-state index contributed by atoms with van der Waals surface area (Å²) in [5, 5.41) is 0. The zero-order valence-electron chi connectivity index (χ0n) is 17.6. The van der Waals surface area contributed by atoms with Crippen molar-refractivity contribution in [3.63, 3.8) is 0 Å². The highest BCUT2D eigenvalue weighted by Crippen LogP contribution is 2.69. The molecule has 0 radical (unpaired) electrons. The highest BCUT2D eigenvalue weighted by Gasteiger charge is 2.65. The Labute approximate surface area is 160 Å². The van der Waals surface area contributed by atoms with E-state index in [-0.39, 0.29) is 17.0 Å². The quantitative estimate of drug-likeness (QED) is 0.428. The number of esters is 1. The molecular formula is C24H38O2. The number of carbonyl (C=O) groups is 1. The Morgan fingerprint density at radius 1 is 1.19 bits per heavy atom. The van der Waals surface area contributed by atoms with Gasteiger partial charge in [-0.2, -0.15) is 0 Å². The van der Waals surface area contributed by atoms with Gasteiger partial charge in [0.15, 0.2) is 0 Å². The van der Waals surface area contributed by atoms with Gasteiger partial charge in [-0.05, 0) is 86.9 Å². The van der Waals surface area contributed by atoms with Gasteiger partial charge in [0, 0.05) is 12.3 Å². The molecule has 146 valence electrons. The fourth-order valence-corrected chi connectivity index (χ4v) is 8.40. The van der Waals surface area contributed by atoms with Gasteiger partial charge in [0.25, 0.3) is 0 Å². The Hall–Kier alpha value is -0.790. The summed E-state index contributed by atoms with van der Waals surface area (Å²) in [6.45, 7) is 11.4. The lowest BCUT2D eigenvalue weighted by Crippen LogP contribution is -2.56. The van der Waals surface area contributed by atoms with Crippen LogP contribution in [0.5, 0.6) is 0 Å². The third-order valence-electron chi connectivity index (χ3n) is 9.54. The molecule has 4 aliphatic carbocycles. The third kappa shape index (κ3) is 2.32. The maximum Gasteiger partial charge on any atom is 0.303 e. The first kappa shape index (κ1) is 18.6. The molecule has 2 nitrogen and oxygen atoms in total. The van der Waals surface area contributed by atoms with Gasteiger partial charge in [-0.1, -0.05) is 39.3 Å². The normalized spacial score (nSPS) is 50.3. The number of hydrogen-bond acceptors (Lipinski definition) is 2. The SMILES string of the molecule is CC[C@@]1(OC(C)=O)CC[C@H]2[C@@H]3CC(C)C4=CCCC[C@]4(C)[C@H]3CC[C@@]21C. The molecule has 0 aromatic carbocycles. The summed E-state index contributed by atoms with van der Waals surface area (Å²) in [6.07, 6.45) is 13.8. The summed E-state index contributed by atoms with van der Waals surface area (Å²) >= 11 is 0. The summed E-state index contributed by atoms with van der Waals surface area (Å²) in [7, 11) is 0. The number of fused-ring (bicyclic) bond motifs is 5. The standard InChI is InChI=1S/C24H38O2/c1-6-24(26-17(3)25)14-11-21-18-15-16(2)19-9-7-8-12-22(19,4)20(18)10-13-23(21,24)5/h9,16,18,20-21H,6-8,10-15H2,1-5H3/t16?,18-,20+,21+,22+,23+,24-/m1/s1. The van der Waals surface area contributed by atoms with Crippen LogP contribution in [0.1, 0.15) is 92.4 Å². The summed E-state index contributed by atoms with van der Waals surface area (Å²) in [5.41, 5.74) is 2.16. The van der Waals surface area contributed by atoms with Gasteiger partial charge in [-0.25, -0.2) is 0 Å². The van der Waals surface area contributed by atoms with Gasteiger partial charge in [0.1, 0.15) is 5.60 Å². The van der Waals surface area contributed by atoms with E-state index in [1.807, 2.05) is 0 Å². The highest BCUT2D eigenvalue weighted by atomic mass is 16.6. The minimum absolute atomic E-state index is 0.0858. The number of rotatable bonds is 2. The Morgan fingerprint density at radius 3 is 2.62 bits per heavy atom. The van der Waals surface area contributed by atoms with E-state index >= 15 is 0 Å². The lowest BCUT2D eigenvalue weighted by molar-refractivity contribution is -0.183. The lowest BCUT2D eigenvalue weighted by atomic mass is 9.45. The van der Waals surface area contributed by atoms with Crippen LogP contribution in [0.15, 0.2) is 11.6 Å². The molecule has 1 unspecified atom stereocenters. The second-order valence-corrected chi connectivity index (χ2v) is 10.4.